The topological polar surface area (TPSA) is 84.2 Å². The second-order valence-corrected chi connectivity index (χ2v) is 5.81. The number of nitrogens with zero attached hydrogens (tertiary/aromatic N) is 1. The van der Waals surface area contributed by atoms with Crippen LogP contribution in [-0.2, 0) is 4.79 Å². The van der Waals surface area contributed by atoms with E-state index in [9.17, 15) is 9.59 Å². The fourth-order valence-electron chi connectivity index (χ4n) is 2.60. The minimum absolute atomic E-state index is 0.193. The highest BCUT2D eigenvalue weighted by molar-refractivity contribution is 5.95. The molecule has 0 aromatic carbocycles. The molecule has 2 aromatic rings. The molecule has 0 bridgehead atoms. The lowest BCUT2D eigenvalue weighted by molar-refractivity contribution is -0.122. The molecule has 3 rings (SSSR count). The first-order valence-corrected chi connectivity index (χ1v) is 7.67. The Morgan fingerprint density at radius 2 is 2.26 bits per heavy atom. The van der Waals surface area contributed by atoms with Gasteiger partial charge < -0.3 is 15.1 Å². The molecule has 6 heteroatoms. The summed E-state index contributed by atoms with van der Waals surface area (Å²) in [6.45, 7) is 2.26. The summed E-state index contributed by atoms with van der Waals surface area (Å²) >= 11 is 0. The normalized spacial score (nSPS) is 20.6. The van der Waals surface area contributed by atoms with Crippen LogP contribution in [0.15, 0.2) is 47.3 Å². The van der Waals surface area contributed by atoms with Gasteiger partial charge in [0.15, 0.2) is 5.76 Å². The van der Waals surface area contributed by atoms with Gasteiger partial charge in [-0.05, 0) is 48.9 Å². The van der Waals surface area contributed by atoms with Crippen molar-refractivity contribution in [3.05, 3.63) is 54.2 Å². The van der Waals surface area contributed by atoms with Crippen LogP contribution in [0.4, 0.5) is 0 Å². The van der Waals surface area contributed by atoms with E-state index in [2.05, 4.69) is 21.7 Å². The van der Waals surface area contributed by atoms with Crippen LogP contribution < -0.4 is 10.6 Å². The smallest absolute Gasteiger partial charge is 0.287 e. The van der Waals surface area contributed by atoms with Gasteiger partial charge in [-0.1, -0.05) is 6.07 Å². The van der Waals surface area contributed by atoms with Crippen molar-refractivity contribution >= 4 is 11.8 Å². The van der Waals surface area contributed by atoms with Crippen LogP contribution >= 0.6 is 0 Å². The SMILES string of the molecule is C[C@H](NC(=O)c1ccco1)C(=O)NC[C@@H]1C[C@H]1c1cccnc1. The number of hydrogen-bond acceptors (Lipinski definition) is 4. The van der Waals surface area contributed by atoms with Gasteiger partial charge in [0.2, 0.25) is 5.91 Å². The van der Waals surface area contributed by atoms with Crippen molar-refractivity contribution in [3.8, 4) is 0 Å². The number of furan rings is 1. The third kappa shape index (κ3) is 3.77. The molecule has 0 radical (unpaired) electrons. The molecule has 1 aliphatic carbocycles. The maximum Gasteiger partial charge on any atom is 0.287 e. The Labute approximate surface area is 134 Å². The summed E-state index contributed by atoms with van der Waals surface area (Å²) in [5.41, 5.74) is 1.21. The van der Waals surface area contributed by atoms with E-state index in [1.54, 1.807) is 25.3 Å². The highest BCUT2D eigenvalue weighted by atomic mass is 16.3. The molecule has 0 aliphatic heterocycles. The van der Waals surface area contributed by atoms with Gasteiger partial charge >= 0.3 is 0 Å². The van der Waals surface area contributed by atoms with Gasteiger partial charge in [0.05, 0.1) is 6.26 Å². The Kier molecular flexibility index (Phi) is 4.41. The first kappa shape index (κ1) is 15.3. The molecule has 2 amide bonds. The van der Waals surface area contributed by atoms with Crippen LogP contribution in [0.3, 0.4) is 0 Å². The molecule has 2 aromatic heterocycles. The third-order valence-corrected chi connectivity index (χ3v) is 4.06. The maximum absolute atomic E-state index is 12.1. The molecular weight excluding hydrogens is 294 g/mol. The number of rotatable bonds is 6. The summed E-state index contributed by atoms with van der Waals surface area (Å²) in [6.07, 6.45) is 6.11. The Balaban J connectivity index is 1.42. The van der Waals surface area contributed by atoms with Crippen molar-refractivity contribution < 1.29 is 14.0 Å². The van der Waals surface area contributed by atoms with Crippen LogP contribution in [-0.4, -0.2) is 29.4 Å². The van der Waals surface area contributed by atoms with Crippen LogP contribution in [0.5, 0.6) is 0 Å². The molecule has 2 heterocycles. The van der Waals surface area contributed by atoms with E-state index >= 15 is 0 Å². The molecule has 2 N–H and O–H groups in total. The summed E-state index contributed by atoms with van der Waals surface area (Å²) in [5, 5.41) is 5.50. The summed E-state index contributed by atoms with van der Waals surface area (Å²) in [4.78, 5) is 28.0. The highest BCUT2D eigenvalue weighted by Crippen LogP contribution is 2.46. The number of hydrogen-bond donors (Lipinski definition) is 2. The average Bonchev–Trinajstić information content (AvgIpc) is 3.13. The van der Waals surface area contributed by atoms with E-state index in [0.717, 1.165) is 6.42 Å². The second kappa shape index (κ2) is 6.64. The summed E-state index contributed by atoms with van der Waals surface area (Å²) in [6, 6.07) is 6.57. The molecule has 23 heavy (non-hydrogen) atoms. The minimum Gasteiger partial charge on any atom is -0.459 e. The zero-order valence-corrected chi connectivity index (χ0v) is 12.9. The van der Waals surface area contributed by atoms with E-state index in [-0.39, 0.29) is 11.7 Å². The Morgan fingerprint density at radius 3 is 2.96 bits per heavy atom. The number of carbonyl (C=O) groups is 2. The monoisotopic (exact) mass is 313 g/mol. The van der Waals surface area contributed by atoms with Gasteiger partial charge in [-0.3, -0.25) is 14.6 Å². The van der Waals surface area contributed by atoms with Crippen molar-refractivity contribution in [3.63, 3.8) is 0 Å². The van der Waals surface area contributed by atoms with Gasteiger partial charge in [0.25, 0.3) is 5.91 Å². The number of amides is 2. The van der Waals surface area contributed by atoms with E-state index in [0.29, 0.717) is 18.4 Å². The molecular formula is C17H19N3O3. The van der Waals surface area contributed by atoms with E-state index in [4.69, 9.17) is 4.42 Å². The van der Waals surface area contributed by atoms with Crippen LogP contribution in [0.1, 0.15) is 35.4 Å². The third-order valence-electron chi connectivity index (χ3n) is 4.06. The lowest BCUT2D eigenvalue weighted by Gasteiger charge is -2.13. The molecule has 1 fully saturated rings. The quantitative estimate of drug-likeness (QED) is 0.850. The molecule has 0 spiro atoms. The van der Waals surface area contributed by atoms with E-state index in [1.807, 2.05) is 12.3 Å². The largest absolute Gasteiger partial charge is 0.459 e. The molecule has 1 saturated carbocycles. The zero-order valence-electron chi connectivity index (χ0n) is 12.9. The Bertz CT molecular complexity index is 670. The fraction of sp³-hybridized carbons (Fsp3) is 0.353. The van der Waals surface area contributed by atoms with Crippen molar-refractivity contribution in [1.29, 1.82) is 0 Å². The van der Waals surface area contributed by atoms with Crippen LogP contribution in [0.25, 0.3) is 0 Å². The lowest BCUT2D eigenvalue weighted by atomic mass is 10.1. The molecule has 0 saturated heterocycles. The van der Waals surface area contributed by atoms with Gasteiger partial charge in [-0.2, -0.15) is 0 Å². The Hall–Kier alpha value is -2.63. The molecule has 3 atom stereocenters. The summed E-state index contributed by atoms with van der Waals surface area (Å²) < 4.78 is 5.00. The average molecular weight is 313 g/mol. The van der Waals surface area contributed by atoms with Gasteiger partial charge in [0, 0.05) is 18.9 Å². The predicted octanol–water partition coefficient (Wildman–Crippen LogP) is 1.71. The molecule has 1 aliphatic rings. The number of nitrogens with one attached hydrogen (secondary N) is 2. The first-order valence-electron chi connectivity index (χ1n) is 7.67. The second-order valence-electron chi connectivity index (χ2n) is 5.81. The van der Waals surface area contributed by atoms with Crippen LogP contribution in [0, 0.1) is 5.92 Å². The number of aromatic nitrogens is 1. The van der Waals surface area contributed by atoms with Crippen molar-refractivity contribution in [2.24, 2.45) is 5.92 Å². The Morgan fingerprint density at radius 1 is 1.39 bits per heavy atom. The number of carbonyl (C=O) groups excluding carboxylic acids is 2. The standard InChI is InChI=1S/C17H19N3O3/c1-11(20-17(22)15-5-3-7-23-15)16(21)19-10-13-8-14(13)12-4-2-6-18-9-12/h2-7,9,11,13-14H,8,10H2,1H3,(H,19,21)(H,20,22)/t11-,13-,14-/m0/s1. The fourth-order valence-corrected chi connectivity index (χ4v) is 2.60. The molecule has 120 valence electrons. The molecule has 6 nitrogen and oxygen atoms in total. The minimum atomic E-state index is -0.608. The molecule has 0 unspecified atom stereocenters. The highest BCUT2D eigenvalue weighted by Gasteiger charge is 2.38. The van der Waals surface area contributed by atoms with Crippen molar-refractivity contribution in [2.75, 3.05) is 6.54 Å². The maximum atomic E-state index is 12.1. The van der Waals surface area contributed by atoms with Gasteiger partial charge in [-0.15, -0.1) is 0 Å². The van der Waals surface area contributed by atoms with Gasteiger partial charge in [-0.25, -0.2) is 0 Å². The first-order chi connectivity index (χ1) is 11.1. The van der Waals surface area contributed by atoms with Crippen LogP contribution in [0.2, 0.25) is 0 Å². The number of pyridine rings is 1. The predicted molar refractivity (Wildman–Crippen MR) is 83.7 cm³/mol. The zero-order chi connectivity index (χ0) is 16.2. The summed E-state index contributed by atoms with van der Waals surface area (Å²) in [7, 11) is 0. The summed E-state index contributed by atoms with van der Waals surface area (Å²) in [5.74, 6) is 0.524. The van der Waals surface area contributed by atoms with Crippen molar-refractivity contribution in [2.45, 2.75) is 25.3 Å². The van der Waals surface area contributed by atoms with E-state index < -0.39 is 11.9 Å². The van der Waals surface area contributed by atoms with Crippen molar-refractivity contribution in [1.82, 2.24) is 15.6 Å². The van der Waals surface area contributed by atoms with Gasteiger partial charge in [0.1, 0.15) is 6.04 Å². The van der Waals surface area contributed by atoms with E-state index in [1.165, 1.54) is 11.8 Å². The lowest BCUT2D eigenvalue weighted by Crippen LogP contribution is -2.45.